The summed E-state index contributed by atoms with van der Waals surface area (Å²) in [6, 6.07) is 8.48. The van der Waals surface area contributed by atoms with Crippen LogP contribution in [0.15, 0.2) is 48.6 Å². The van der Waals surface area contributed by atoms with E-state index in [4.69, 9.17) is 24.1 Å². The second-order valence-corrected chi connectivity index (χ2v) is 7.04. The van der Waals surface area contributed by atoms with Gasteiger partial charge in [0.15, 0.2) is 29.2 Å². The molecule has 0 radical (unpaired) electrons. The summed E-state index contributed by atoms with van der Waals surface area (Å²) in [6.07, 6.45) is 0.509. The van der Waals surface area contributed by atoms with Crippen molar-refractivity contribution in [3.8, 4) is 17.2 Å². The number of carboxylic acids is 1. The molecule has 33 heavy (non-hydrogen) atoms. The van der Waals surface area contributed by atoms with E-state index < -0.39 is 35.8 Å². The lowest BCUT2D eigenvalue weighted by molar-refractivity contribution is -0.131. The summed E-state index contributed by atoms with van der Waals surface area (Å²) in [6.45, 7) is 2.11. The lowest BCUT2D eigenvalue weighted by atomic mass is 9.99. The predicted molar refractivity (Wildman–Crippen MR) is 115 cm³/mol. The van der Waals surface area contributed by atoms with Gasteiger partial charge in [0.05, 0.1) is 6.10 Å². The van der Waals surface area contributed by atoms with Gasteiger partial charge in [-0.15, -0.1) is 0 Å². The van der Waals surface area contributed by atoms with Crippen molar-refractivity contribution >= 4 is 17.7 Å². The van der Waals surface area contributed by atoms with Crippen molar-refractivity contribution in [2.45, 2.75) is 32.0 Å². The molecule has 3 N–H and O–H groups in total. The Morgan fingerprint density at radius 3 is 2.73 bits per heavy atom. The van der Waals surface area contributed by atoms with Crippen molar-refractivity contribution in [1.82, 2.24) is 0 Å². The van der Waals surface area contributed by atoms with Crippen LogP contribution >= 0.6 is 0 Å². The van der Waals surface area contributed by atoms with Gasteiger partial charge in [-0.25, -0.2) is 14.0 Å². The third-order valence-electron chi connectivity index (χ3n) is 4.75. The lowest BCUT2D eigenvalue weighted by Gasteiger charge is -2.27. The van der Waals surface area contributed by atoms with E-state index in [1.807, 2.05) is 0 Å². The lowest BCUT2D eigenvalue weighted by Crippen LogP contribution is -2.29. The first kappa shape index (κ1) is 23.9. The summed E-state index contributed by atoms with van der Waals surface area (Å²) in [5.41, 5.74) is 0.670. The molecule has 2 aromatic carbocycles. The molecule has 10 heteroatoms. The van der Waals surface area contributed by atoms with E-state index in [0.29, 0.717) is 30.0 Å². The van der Waals surface area contributed by atoms with E-state index >= 15 is 0 Å². The van der Waals surface area contributed by atoms with Crippen molar-refractivity contribution in [3.63, 3.8) is 0 Å². The number of carbonyl (C=O) groups is 2. The van der Waals surface area contributed by atoms with Crippen LogP contribution in [-0.4, -0.2) is 41.8 Å². The fraction of sp³-hybridized carbons (Fsp3) is 0.304. The Bertz CT molecular complexity index is 1030. The highest BCUT2D eigenvalue weighted by Gasteiger charge is 2.28. The van der Waals surface area contributed by atoms with Gasteiger partial charge >= 0.3 is 12.1 Å². The summed E-state index contributed by atoms with van der Waals surface area (Å²) >= 11 is 0. The average Bonchev–Trinajstić information content (AvgIpc) is 3.24. The summed E-state index contributed by atoms with van der Waals surface area (Å²) < 4.78 is 35.9. The van der Waals surface area contributed by atoms with Crippen molar-refractivity contribution in [2.24, 2.45) is 0 Å². The molecule has 0 aliphatic carbocycles. The second-order valence-electron chi connectivity index (χ2n) is 7.04. The zero-order valence-electron chi connectivity index (χ0n) is 17.8. The van der Waals surface area contributed by atoms with Gasteiger partial charge in [-0.1, -0.05) is 12.1 Å². The number of phenols is 1. The number of phenolic OH excluding ortho intramolecular Hbond substituents is 1. The molecule has 1 aliphatic heterocycles. The van der Waals surface area contributed by atoms with Crippen molar-refractivity contribution in [3.05, 3.63) is 59.9 Å². The normalized spacial score (nSPS) is 14.1. The minimum Gasteiger partial charge on any atom is -0.505 e. The number of halogens is 1. The smallest absolute Gasteiger partial charge is 0.412 e. The molecule has 0 saturated carbocycles. The zero-order valence-corrected chi connectivity index (χ0v) is 17.8. The van der Waals surface area contributed by atoms with Crippen LogP contribution in [0.4, 0.5) is 14.9 Å². The first-order chi connectivity index (χ1) is 15.9. The van der Waals surface area contributed by atoms with Crippen LogP contribution in [0.25, 0.3) is 0 Å². The number of anilines is 1. The summed E-state index contributed by atoms with van der Waals surface area (Å²) in [4.78, 5) is 23.4. The van der Waals surface area contributed by atoms with Gasteiger partial charge in [-0.2, -0.15) is 0 Å². The maximum Gasteiger partial charge on any atom is 0.412 e. The summed E-state index contributed by atoms with van der Waals surface area (Å²) in [5, 5.41) is 20.9. The van der Waals surface area contributed by atoms with Crippen LogP contribution in [0.3, 0.4) is 0 Å². The molecule has 2 atom stereocenters. The summed E-state index contributed by atoms with van der Waals surface area (Å²) in [5.74, 6) is -1.48. The van der Waals surface area contributed by atoms with Gasteiger partial charge < -0.3 is 29.2 Å². The molecule has 0 spiro atoms. The molecule has 3 rings (SSSR count). The van der Waals surface area contributed by atoms with E-state index in [0.717, 1.165) is 18.2 Å². The highest BCUT2D eigenvalue weighted by molar-refractivity contribution is 5.85. The van der Waals surface area contributed by atoms with E-state index in [1.165, 1.54) is 12.1 Å². The molecule has 176 valence electrons. The largest absolute Gasteiger partial charge is 0.505 e. The molecule has 0 unspecified atom stereocenters. The van der Waals surface area contributed by atoms with Gasteiger partial charge in [0.1, 0.15) is 0 Å². The Morgan fingerprint density at radius 1 is 1.21 bits per heavy atom. The molecule has 0 aromatic heterocycles. The number of fused-ring (bicyclic) bond motifs is 1. The number of carboxylic acid groups (broad SMARTS) is 1. The molecule has 0 bridgehead atoms. The first-order valence-electron chi connectivity index (χ1n) is 10.2. The third kappa shape index (κ3) is 6.59. The summed E-state index contributed by atoms with van der Waals surface area (Å²) in [7, 11) is 0. The van der Waals surface area contributed by atoms with Crippen LogP contribution in [0.2, 0.25) is 0 Å². The Balaban J connectivity index is 1.79. The van der Waals surface area contributed by atoms with Gasteiger partial charge in [0, 0.05) is 24.4 Å². The highest BCUT2D eigenvalue weighted by atomic mass is 19.1. The van der Waals surface area contributed by atoms with E-state index in [2.05, 4.69) is 5.32 Å². The Morgan fingerprint density at radius 2 is 2.00 bits per heavy atom. The Labute approximate surface area is 189 Å². The van der Waals surface area contributed by atoms with Crippen LogP contribution in [-0.2, 0) is 14.3 Å². The molecular formula is C23H24FNO8. The average molecular weight is 461 g/mol. The molecule has 2 aromatic rings. The standard InChI is InChI=1S/C23H24FNO8/c1-2-30-19(5-3-4-6-21(27)28)22(14-7-9-17(26)16(24)11-14)33-23(29)25-15-8-10-18-20(12-15)32-13-31-18/h4,6-12,19,22,26H,2-3,5,13H2,1H3,(H,25,29)(H,27,28)/b6-4+/t19-,22-/m0/s1. The van der Waals surface area contributed by atoms with Gasteiger partial charge in [-0.3, -0.25) is 5.32 Å². The molecule has 1 amide bonds. The SMILES string of the molecule is CCO[C@@H](CC/C=C/C(=O)O)[C@@H](OC(=O)Nc1ccc2c(c1)OCO2)c1ccc(O)c(F)c1. The number of rotatable bonds is 10. The van der Waals surface area contributed by atoms with Gasteiger partial charge in [0.25, 0.3) is 0 Å². The quantitative estimate of drug-likeness (QED) is 0.446. The number of amides is 1. The third-order valence-corrected chi connectivity index (χ3v) is 4.75. The van der Waals surface area contributed by atoms with Crippen molar-refractivity contribution in [1.29, 1.82) is 0 Å². The van der Waals surface area contributed by atoms with Crippen LogP contribution in [0.1, 0.15) is 31.4 Å². The number of carbonyl (C=O) groups excluding carboxylic acids is 1. The molecule has 1 aliphatic rings. The predicted octanol–water partition coefficient (Wildman–Crippen LogP) is 4.38. The maximum atomic E-state index is 14.0. The molecular weight excluding hydrogens is 437 g/mol. The Hall–Kier alpha value is -3.79. The van der Waals surface area contributed by atoms with Crippen LogP contribution in [0.5, 0.6) is 17.2 Å². The zero-order chi connectivity index (χ0) is 23.8. The van der Waals surface area contributed by atoms with E-state index in [9.17, 15) is 19.1 Å². The van der Waals surface area contributed by atoms with Crippen LogP contribution in [0, 0.1) is 5.82 Å². The van der Waals surface area contributed by atoms with Crippen molar-refractivity contribution < 1.29 is 43.1 Å². The maximum absolute atomic E-state index is 14.0. The fourth-order valence-corrected chi connectivity index (χ4v) is 3.28. The number of aliphatic carboxylic acids is 1. The number of ether oxygens (including phenoxy) is 4. The topological polar surface area (TPSA) is 124 Å². The van der Waals surface area contributed by atoms with E-state index in [-0.39, 0.29) is 19.0 Å². The van der Waals surface area contributed by atoms with E-state index in [1.54, 1.807) is 25.1 Å². The van der Waals surface area contributed by atoms with Gasteiger partial charge in [-0.05, 0) is 49.6 Å². The minimum atomic E-state index is -1.08. The monoisotopic (exact) mass is 461 g/mol. The number of nitrogens with one attached hydrogen (secondary N) is 1. The highest BCUT2D eigenvalue weighted by Crippen LogP contribution is 2.35. The molecule has 9 nitrogen and oxygen atoms in total. The second kappa shape index (κ2) is 11.2. The number of allylic oxidation sites excluding steroid dienone is 1. The Kier molecular flexibility index (Phi) is 8.09. The number of hydrogen-bond donors (Lipinski definition) is 3. The number of benzene rings is 2. The number of hydrogen-bond acceptors (Lipinski definition) is 7. The van der Waals surface area contributed by atoms with Crippen LogP contribution < -0.4 is 14.8 Å². The molecule has 1 heterocycles. The minimum absolute atomic E-state index is 0.0874. The fourth-order valence-electron chi connectivity index (χ4n) is 3.28. The van der Waals surface area contributed by atoms with Gasteiger partial charge in [0.2, 0.25) is 6.79 Å². The molecule has 0 saturated heterocycles. The first-order valence-corrected chi connectivity index (χ1v) is 10.2. The molecule has 0 fully saturated rings. The van der Waals surface area contributed by atoms with Crippen molar-refractivity contribution in [2.75, 3.05) is 18.7 Å². The number of aromatic hydroxyl groups is 1.